The molecule has 1 heterocycles. The largest absolute Gasteiger partial charge is 0.463 e. The SMILES string of the molecule is CC(=O)OCC1O[C@H](Sc2ccccc2)C(C)[C@@H](C)[C@@H]1C. The van der Waals surface area contributed by atoms with E-state index < -0.39 is 0 Å². The topological polar surface area (TPSA) is 35.5 Å². The molecule has 1 aromatic rings. The van der Waals surface area contributed by atoms with Gasteiger partial charge in [-0.05, 0) is 29.9 Å². The molecule has 1 aliphatic rings. The van der Waals surface area contributed by atoms with Crippen molar-refractivity contribution in [2.24, 2.45) is 17.8 Å². The maximum Gasteiger partial charge on any atom is 0.302 e. The maximum atomic E-state index is 11.0. The van der Waals surface area contributed by atoms with Gasteiger partial charge >= 0.3 is 5.97 Å². The first kappa shape index (κ1) is 16.4. The molecule has 0 amide bonds. The number of esters is 1. The molecule has 0 spiro atoms. The van der Waals surface area contributed by atoms with Crippen LogP contribution in [0.4, 0.5) is 0 Å². The molecular weight excluding hydrogens is 284 g/mol. The zero-order valence-electron chi connectivity index (χ0n) is 13.1. The number of rotatable bonds is 4. The molecule has 2 rings (SSSR count). The van der Waals surface area contributed by atoms with E-state index in [9.17, 15) is 4.79 Å². The van der Waals surface area contributed by atoms with Crippen LogP contribution in [0.15, 0.2) is 35.2 Å². The third-order valence-corrected chi connectivity index (χ3v) is 5.75. The Morgan fingerprint density at radius 1 is 1.14 bits per heavy atom. The lowest BCUT2D eigenvalue weighted by Gasteiger charge is -2.43. The summed E-state index contributed by atoms with van der Waals surface area (Å²) in [5.41, 5.74) is 0.0964. The third-order valence-electron chi connectivity index (χ3n) is 4.43. The fraction of sp³-hybridized carbons (Fsp3) is 0.588. The monoisotopic (exact) mass is 308 g/mol. The molecule has 3 nitrogen and oxygen atoms in total. The Morgan fingerprint density at radius 2 is 1.81 bits per heavy atom. The first-order chi connectivity index (χ1) is 9.99. The quantitative estimate of drug-likeness (QED) is 0.788. The first-order valence-electron chi connectivity index (χ1n) is 7.49. The van der Waals surface area contributed by atoms with Gasteiger partial charge in [-0.1, -0.05) is 50.7 Å². The summed E-state index contributed by atoms with van der Waals surface area (Å²) in [7, 11) is 0. The van der Waals surface area contributed by atoms with Crippen molar-refractivity contribution < 1.29 is 14.3 Å². The Balaban J connectivity index is 2.04. The summed E-state index contributed by atoms with van der Waals surface area (Å²) < 4.78 is 11.4. The van der Waals surface area contributed by atoms with Gasteiger partial charge in [0.15, 0.2) is 0 Å². The van der Waals surface area contributed by atoms with Gasteiger partial charge in [0.2, 0.25) is 0 Å². The summed E-state index contributed by atoms with van der Waals surface area (Å²) in [4.78, 5) is 12.2. The molecule has 0 radical (unpaired) electrons. The van der Waals surface area contributed by atoms with Crippen molar-refractivity contribution in [3.05, 3.63) is 30.3 Å². The van der Waals surface area contributed by atoms with Gasteiger partial charge in [-0.3, -0.25) is 4.79 Å². The molecule has 1 aliphatic heterocycles. The summed E-state index contributed by atoms with van der Waals surface area (Å²) in [6.07, 6.45) is -0.0266. The smallest absolute Gasteiger partial charge is 0.302 e. The van der Waals surface area contributed by atoms with E-state index in [0.717, 1.165) is 0 Å². The maximum absolute atomic E-state index is 11.0. The summed E-state index contributed by atoms with van der Waals surface area (Å²) in [5, 5.41) is 0. The first-order valence-corrected chi connectivity index (χ1v) is 8.37. The van der Waals surface area contributed by atoms with Crippen LogP contribution in [0.2, 0.25) is 0 Å². The van der Waals surface area contributed by atoms with Crippen LogP contribution < -0.4 is 0 Å². The average Bonchev–Trinajstić information content (AvgIpc) is 2.47. The lowest BCUT2D eigenvalue weighted by molar-refractivity contribution is -0.156. The average molecular weight is 308 g/mol. The van der Waals surface area contributed by atoms with Crippen LogP contribution >= 0.6 is 11.8 Å². The zero-order chi connectivity index (χ0) is 15.4. The van der Waals surface area contributed by atoms with Crippen molar-refractivity contribution in [2.45, 2.75) is 44.1 Å². The Kier molecular flexibility index (Phi) is 5.71. The van der Waals surface area contributed by atoms with Gasteiger partial charge in [0.25, 0.3) is 0 Å². The molecule has 0 N–H and O–H groups in total. The van der Waals surface area contributed by atoms with E-state index in [-0.39, 0.29) is 17.5 Å². The number of benzene rings is 1. The van der Waals surface area contributed by atoms with Crippen molar-refractivity contribution in [3.63, 3.8) is 0 Å². The highest BCUT2D eigenvalue weighted by Crippen LogP contribution is 2.41. The fourth-order valence-electron chi connectivity index (χ4n) is 2.64. The molecule has 116 valence electrons. The third kappa shape index (κ3) is 4.24. The van der Waals surface area contributed by atoms with Crippen LogP contribution in [0.3, 0.4) is 0 Å². The Morgan fingerprint density at radius 3 is 2.43 bits per heavy atom. The molecule has 0 aliphatic carbocycles. The van der Waals surface area contributed by atoms with E-state index in [1.807, 2.05) is 18.2 Å². The molecule has 0 saturated carbocycles. The van der Waals surface area contributed by atoms with Crippen LogP contribution in [-0.4, -0.2) is 24.1 Å². The summed E-state index contributed by atoms with van der Waals surface area (Å²) in [6.45, 7) is 8.47. The van der Waals surface area contributed by atoms with E-state index >= 15 is 0 Å². The van der Waals surface area contributed by atoms with Gasteiger partial charge in [0, 0.05) is 11.8 Å². The highest BCUT2D eigenvalue weighted by Gasteiger charge is 2.39. The number of carbonyl (C=O) groups is 1. The molecule has 21 heavy (non-hydrogen) atoms. The van der Waals surface area contributed by atoms with Gasteiger partial charge in [-0.25, -0.2) is 0 Å². The molecule has 5 atom stereocenters. The summed E-state index contributed by atoms with van der Waals surface area (Å²) in [5.74, 6) is 1.12. The molecule has 0 bridgehead atoms. The zero-order valence-corrected chi connectivity index (χ0v) is 13.9. The van der Waals surface area contributed by atoms with Crippen LogP contribution in [-0.2, 0) is 14.3 Å². The Hall–Kier alpha value is -1.00. The number of hydrogen-bond donors (Lipinski definition) is 0. The van der Waals surface area contributed by atoms with E-state index in [1.54, 1.807) is 11.8 Å². The minimum Gasteiger partial charge on any atom is -0.463 e. The normalized spacial score (nSPS) is 32.7. The van der Waals surface area contributed by atoms with Gasteiger partial charge < -0.3 is 9.47 Å². The van der Waals surface area contributed by atoms with Gasteiger partial charge in [0.05, 0.1) is 6.10 Å². The number of carbonyl (C=O) groups excluding carboxylic acids is 1. The van der Waals surface area contributed by atoms with Crippen LogP contribution in [0, 0.1) is 17.8 Å². The highest BCUT2D eigenvalue weighted by atomic mass is 32.2. The number of hydrogen-bond acceptors (Lipinski definition) is 4. The van der Waals surface area contributed by atoms with E-state index in [4.69, 9.17) is 9.47 Å². The van der Waals surface area contributed by atoms with E-state index in [0.29, 0.717) is 24.4 Å². The van der Waals surface area contributed by atoms with E-state index in [1.165, 1.54) is 11.8 Å². The molecule has 2 unspecified atom stereocenters. The van der Waals surface area contributed by atoms with Crippen molar-refractivity contribution in [1.82, 2.24) is 0 Å². The molecule has 1 saturated heterocycles. The second-order valence-electron chi connectivity index (χ2n) is 5.85. The van der Waals surface area contributed by atoms with Crippen LogP contribution in [0.5, 0.6) is 0 Å². The summed E-state index contributed by atoms with van der Waals surface area (Å²) >= 11 is 1.75. The van der Waals surface area contributed by atoms with Crippen molar-refractivity contribution in [2.75, 3.05) is 6.61 Å². The highest BCUT2D eigenvalue weighted by molar-refractivity contribution is 7.99. The number of thioether (sulfide) groups is 1. The van der Waals surface area contributed by atoms with Crippen molar-refractivity contribution >= 4 is 17.7 Å². The predicted molar refractivity (Wildman–Crippen MR) is 85.1 cm³/mol. The fourth-order valence-corrected chi connectivity index (χ4v) is 3.89. The molecular formula is C17H24O3S. The lowest BCUT2D eigenvalue weighted by Crippen LogP contribution is -2.45. The van der Waals surface area contributed by atoms with Crippen LogP contribution in [0.1, 0.15) is 27.7 Å². The Labute approximate surface area is 131 Å². The Bertz CT molecular complexity index is 462. The standard InChI is InChI=1S/C17H24O3S/c1-11-12(2)16(10-19-14(4)18)20-17(13(11)3)21-15-8-6-5-7-9-15/h5-9,11-13,16-17H,10H2,1-4H3/t11-,12-,13?,16?,17+/m0/s1. The van der Waals surface area contributed by atoms with Gasteiger partial charge in [-0.2, -0.15) is 0 Å². The van der Waals surface area contributed by atoms with Crippen LogP contribution in [0.25, 0.3) is 0 Å². The molecule has 1 aromatic carbocycles. The predicted octanol–water partition coefficient (Wildman–Crippen LogP) is 3.98. The second kappa shape index (κ2) is 7.32. The van der Waals surface area contributed by atoms with E-state index in [2.05, 4.69) is 32.9 Å². The van der Waals surface area contributed by atoms with Crippen molar-refractivity contribution in [3.8, 4) is 0 Å². The minimum atomic E-state index is -0.246. The van der Waals surface area contributed by atoms with Crippen molar-refractivity contribution in [1.29, 1.82) is 0 Å². The van der Waals surface area contributed by atoms with Gasteiger partial charge in [0.1, 0.15) is 12.0 Å². The summed E-state index contributed by atoms with van der Waals surface area (Å²) in [6, 6.07) is 10.3. The lowest BCUT2D eigenvalue weighted by atomic mass is 9.80. The number of ether oxygens (including phenoxy) is 2. The molecule has 4 heteroatoms. The second-order valence-corrected chi connectivity index (χ2v) is 7.03. The minimum absolute atomic E-state index is 0.0266. The van der Waals surface area contributed by atoms with Gasteiger partial charge in [-0.15, -0.1) is 0 Å². The molecule has 1 fully saturated rings. The molecule has 0 aromatic heterocycles.